The minimum absolute atomic E-state index is 0.000697. The van der Waals surface area contributed by atoms with E-state index in [9.17, 15) is 10.1 Å². The Morgan fingerprint density at radius 3 is 2.70 bits per heavy atom. The van der Waals surface area contributed by atoms with Crippen LogP contribution in [0, 0.1) is 10.1 Å². The summed E-state index contributed by atoms with van der Waals surface area (Å²) >= 11 is 11.9. The van der Waals surface area contributed by atoms with Crippen molar-refractivity contribution in [3.8, 4) is 0 Å². The largest absolute Gasteiger partial charge is 0.365 e. The molecule has 1 aromatic rings. The molecule has 1 unspecified atom stereocenters. The molecule has 110 valence electrons. The van der Waals surface area contributed by atoms with Crippen molar-refractivity contribution in [2.24, 2.45) is 0 Å². The Hall–Kier alpha value is -1.04. The Labute approximate surface area is 128 Å². The van der Waals surface area contributed by atoms with E-state index in [2.05, 4.69) is 5.32 Å². The lowest BCUT2D eigenvalue weighted by atomic mass is 10.2. The highest BCUT2D eigenvalue weighted by Gasteiger charge is 2.24. The predicted octanol–water partition coefficient (Wildman–Crippen LogP) is 3.48. The van der Waals surface area contributed by atoms with Crippen LogP contribution in [0.5, 0.6) is 0 Å². The number of halogens is 2. The number of nitro groups is 1. The molecule has 1 fully saturated rings. The zero-order chi connectivity index (χ0) is 14.7. The molecule has 7 heteroatoms. The van der Waals surface area contributed by atoms with Gasteiger partial charge in [0.1, 0.15) is 5.69 Å². The van der Waals surface area contributed by atoms with Crippen molar-refractivity contribution in [3.63, 3.8) is 0 Å². The summed E-state index contributed by atoms with van der Waals surface area (Å²) in [6.45, 7) is 4.39. The number of nitro benzene ring substituents is 1. The lowest BCUT2D eigenvalue weighted by molar-refractivity contribution is -0.384. The highest BCUT2D eigenvalue weighted by atomic mass is 35.5. The summed E-state index contributed by atoms with van der Waals surface area (Å²) < 4.78 is 0. The van der Waals surface area contributed by atoms with Crippen LogP contribution >= 0.6 is 23.2 Å². The van der Waals surface area contributed by atoms with Gasteiger partial charge in [-0.1, -0.05) is 23.2 Å². The van der Waals surface area contributed by atoms with Crippen molar-refractivity contribution >= 4 is 34.6 Å². The summed E-state index contributed by atoms with van der Waals surface area (Å²) in [5.74, 6) is 0. The summed E-state index contributed by atoms with van der Waals surface area (Å²) in [5.41, 5.74) is 0.528. The second kappa shape index (κ2) is 6.61. The topological polar surface area (TPSA) is 58.4 Å². The van der Waals surface area contributed by atoms with Gasteiger partial charge in [0.2, 0.25) is 0 Å². The van der Waals surface area contributed by atoms with Crippen molar-refractivity contribution < 1.29 is 4.92 Å². The summed E-state index contributed by atoms with van der Waals surface area (Å²) in [4.78, 5) is 12.8. The molecule has 1 aliphatic rings. The first-order chi connectivity index (χ1) is 9.52. The number of hydrogen-bond acceptors (Lipinski definition) is 4. The molecule has 1 N–H and O–H groups in total. The fraction of sp³-hybridized carbons (Fsp3) is 0.538. The van der Waals surface area contributed by atoms with Crippen molar-refractivity contribution in [3.05, 3.63) is 32.3 Å². The second-order valence-electron chi connectivity index (χ2n) is 4.84. The van der Waals surface area contributed by atoms with Gasteiger partial charge in [-0.3, -0.25) is 10.1 Å². The Bertz CT molecular complexity index is 505. The molecule has 20 heavy (non-hydrogen) atoms. The van der Waals surface area contributed by atoms with E-state index in [-0.39, 0.29) is 10.7 Å². The summed E-state index contributed by atoms with van der Waals surface area (Å²) in [6, 6.07) is 3.27. The minimum atomic E-state index is -0.414. The Morgan fingerprint density at radius 2 is 2.15 bits per heavy atom. The SMILES string of the molecule is CCN(CC1CCCN1)c1cc(Cl)c(Cl)cc1[N+](=O)[O-]. The number of nitrogens with zero attached hydrogens (tertiary/aromatic N) is 2. The number of anilines is 1. The second-order valence-corrected chi connectivity index (χ2v) is 5.66. The summed E-state index contributed by atoms with van der Waals surface area (Å²) in [5, 5.41) is 15.1. The van der Waals surface area contributed by atoms with E-state index in [1.165, 1.54) is 6.07 Å². The van der Waals surface area contributed by atoms with Gasteiger partial charge in [-0.25, -0.2) is 0 Å². The van der Waals surface area contributed by atoms with E-state index in [4.69, 9.17) is 23.2 Å². The van der Waals surface area contributed by atoms with E-state index in [0.717, 1.165) is 25.9 Å². The maximum absolute atomic E-state index is 11.2. The average Bonchev–Trinajstić information content (AvgIpc) is 2.91. The van der Waals surface area contributed by atoms with Gasteiger partial charge in [0.25, 0.3) is 5.69 Å². The van der Waals surface area contributed by atoms with Crippen LogP contribution in [0.1, 0.15) is 19.8 Å². The zero-order valence-electron chi connectivity index (χ0n) is 11.2. The van der Waals surface area contributed by atoms with Gasteiger partial charge in [0, 0.05) is 25.2 Å². The van der Waals surface area contributed by atoms with Gasteiger partial charge in [-0.2, -0.15) is 0 Å². The van der Waals surface area contributed by atoms with E-state index in [1.807, 2.05) is 11.8 Å². The molecule has 0 spiro atoms. The molecule has 0 amide bonds. The monoisotopic (exact) mass is 317 g/mol. The van der Waals surface area contributed by atoms with Crippen LogP contribution in [0.3, 0.4) is 0 Å². The fourth-order valence-corrected chi connectivity index (χ4v) is 2.82. The molecule has 0 saturated carbocycles. The van der Waals surface area contributed by atoms with Crippen molar-refractivity contribution in [1.82, 2.24) is 5.32 Å². The quantitative estimate of drug-likeness (QED) is 0.667. The maximum Gasteiger partial charge on any atom is 0.294 e. The third-order valence-electron chi connectivity index (χ3n) is 3.54. The highest BCUT2D eigenvalue weighted by molar-refractivity contribution is 6.42. The minimum Gasteiger partial charge on any atom is -0.365 e. The van der Waals surface area contributed by atoms with Crippen molar-refractivity contribution in [2.45, 2.75) is 25.8 Å². The third kappa shape index (κ3) is 3.34. The molecule has 0 bridgehead atoms. The first kappa shape index (κ1) is 15.4. The van der Waals surface area contributed by atoms with Gasteiger partial charge in [0.05, 0.1) is 15.0 Å². The number of benzene rings is 1. The Balaban J connectivity index is 2.31. The Morgan fingerprint density at radius 1 is 1.45 bits per heavy atom. The highest BCUT2D eigenvalue weighted by Crippen LogP contribution is 2.36. The van der Waals surface area contributed by atoms with E-state index in [0.29, 0.717) is 23.3 Å². The first-order valence-electron chi connectivity index (χ1n) is 6.64. The van der Waals surface area contributed by atoms with E-state index in [1.54, 1.807) is 6.07 Å². The standard InChI is InChI=1S/C13H17Cl2N3O2/c1-2-17(8-9-4-3-5-16-9)12-6-10(14)11(15)7-13(12)18(19)20/h6-7,9,16H,2-5,8H2,1H3. The molecule has 5 nitrogen and oxygen atoms in total. The van der Waals surface area contributed by atoms with Crippen LogP contribution in [0.25, 0.3) is 0 Å². The molecule has 0 aromatic heterocycles. The van der Waals surface area contributed by atoms with Gasteiger partial charge in [-0.05, 0) is 32.4 Å². The average molecular weight is 318 g/mol. The lowest BCUT2D eigenvalue weighted by Gasteiger charge is -2.26. The van der Waals surface area contributed by atoms with Gasteiger partial charge in [-0.15, -0.1) is 0 Å². The smallest absolute Gasteiger partial charge is 0.294 e. The van der Waals surface area contributed by atoms with Crippen LogP contribution < -0.4 is 10.2 Å². The number of likely N-dealkylation sites (N-methyl/N-ethyl adjacent to an activating group) is 1. The van der Waals surface area contributed by atoms with E-state index >= 15 is 0 Å². The third-order valence-corrected chi connectivity index (χ3v) is 4.26. The van der Waals surface area contributed by atoms with Crippen LogP contribution in [0.15, 0.2) is 12.1 Å². The van der Waals surface area contributed by atoms with Gasteiger partial charge in [0.15, 0.2) is 0 Å². The summed E-state index contributed by atoms with van der Waals surface area (Å²) in [6.07, 6.45) is 2.23. The normalized spacial score (nSPS) is 18.2. The van der Waals surface area contributed by atoms with Crippen molar-refractivity contribution in [1.29, 1.82) is 0 Å². The molecule has 1 atom stereocenters. The molecular weight excluding hydrogens is 301 g/mol. The number of rotatable bonds is 5. The van der Waals surface area contributed by atoms with Crippen LogP contribution in [-0.2, 0) is 0 Å². The maximum atomic E-state index is 11.2. The molecule has 1 heterocycles. The predicted molar refractivity (Wildman–Crippen MR) is 82.0 cm³/mol. The number of nitrogens with one attached hydrogen (secondary N) is 1. The van der Waals surface area contributed by atoms with Crippen LogP contribution in [0.2, 0.25) is 10.0 Å². The Kier molecular flexibility index (Phi) is 5.07. The van der Waals surface area contributed by atoms with Crippen molar-refractivity contribution in [2.75, 3.05) is 24.5 Å². The van der Waals surface area contributed by atoms with Gasteiger partial charge < -0.3 is 10.2 Å². The van der Waals surface area contributed by atoms with Crippen LogP contribution in [0.4, 0.5) is 11.4 Å². The lowest BCUT2D eigenvalue weighted by Crippen LogP contribution is -2.37. The van der Waals surface area contributed by atoms with E-state index < -0.39 is 4.92 Å². The zero-order valence-corrected chi connectivity index (χ0v) is 12.7. The summed E-state index contributed by atoms with van der Waals surface area (Å²) in [7, 11) is 0. The molecule has 0 radical (unpaired) electrons. The fourth-order valence-electron chi connectivity index (χ4n) is 2.50. The molecule has 1 aliphatic heterocycles. The van der Waals surface area contributed by atoms with Crippen LogP contribution in [-0.4, -0.2) is 30.6 Å². The molecule has 0 aliphatic carbocycles. The molecule has 1 saturated heterocycles. The first-order valence-corrected chi connectivity index (χ1v) is 7.40. The molecular formula is C13H17Cl2N3O2. The molecule has 1 aromatic carbocycles. The molecule has 2 rings (SSSR count). The number of hydrogen-bond donors (Lipinski definition) is 1. The van der Waals surface area contributed by atoms with Gasteiger partial charge >= 0.3 is 0 Å².